The van der Waals surface area contributed by atoms with Crippen LogP contribution in [0.5, 0.6) is 0 Å². The number of amides is 1. The zero-order chi connectivity index (χ0) is 16.7. The lowest BCUT2D eigenvalue weighted by atomic mass is 9.79. The first-order valence-electron chi connectivity index (χ1n) is 7.69. The van der Waals surface area contributed by atoms with Crippen molar-refractivity contribution in [2.24, 2.45) is 0 Å². The monoisotopic (exact) mass is 341 g/mol. The summed E-state index contributed by atoms with van der Waals surface area (Å²) in [6, 6.07) is 0. The summed E-state index contributed by atoms with van der Waals surface area (Å²) >= 11 is 3.71. The Hall–Kier alpha value is -0.680. The first kappa shape index (κ1) is 17.7. The van der Waals surface area contributed by atoms with Gasteiger partial charge in [-0.15, -0.1) is 23.1 Å². The fraction of sp³-hybridized carbons (Fsp3) is 0.706. The summed E-state index contributed by atoms with van der Waals surface area (Å²) in [4.78, 5) is 15.7. The summed E-state index contributed by atoms with van der Waals surface area (Å²) in [7, 11) is 1.87. The Bertz CT molecular complexity index is 574. The molecule has 0 spiro atoms. The Kier molecular flexibility index (Phi) is 4.88. The molecule has 0 bridgehead atoms. The third kappa shape index (κ3) is 3.46. The summed E-state index contributed by atoms with van der Waals surface area (Å²) in [5.74, 6) is 0. The number of thioether (sulfide) groups is 1. The van der Waals surface area contributed by atoms with Crippen LogP contribution < -0.4 is 0 Å². The Labute approximate surface area is 142 Å². The van der Waals surface area contributed by atoms with E-state index in [0.29, 0.717) is 0 Å². The highest BCUT2D eigenvalue weighted by Gasteiger charge is 2.39. The number of rotatable bonds is 2. The van der Waals surface area contributed by atoms with Crippen molar-refractivity contribution >= 4 is 29.2 Å². The number of likely N-dealkylation sites (N-methyl/N-ethyl adjacent to an activating group) is 1. The van der Waals surface area contributed by atoms with Crippen LogP contribution in [0.3, 0.4) is 0 Å². The number of thiophene rings is 1. The molecule has 3 nitrogen and oxygen atoms in total. The fourth-order valence-electron chi connectivity index (χ4n) is 2.97. The van der Waals surface area contributed by atoms with Crippen molar-refractivity contribution in [3.8, 4) is 0 Å². The molecule has 1 atom stereocenters. The average molecular weight is 342 g/mol. The van der Waals surface area contributed by atoms with Crippen molar-refractivity contribution < 1.29 is 9.53 Å². The van der Waals surface area contributed by atoms with Gasteiger partial charge in [-0.3, -0.25) is 0 Å². The molecule has 0 saturated carbocycles. The van der Waals surface area contributed by atoms with Crippen LogP contribution in [0.1, 0.15) is 50.1 Å². The van der Waals surface area contributed by atoms with Gasteiger partial charge in [-0.25, -0.2) is 4.79 Å². The molecule has 0 saturated heterocycles. The average Bonchev–Trinajstić information content (AvgIpc) is 2.71. The number of hydrogen-bond donors (Lipinski definition) is 0. The maximum atomic E-state index is 12.4. The van der Waals surface area contributed by atoms with Crippen molar-refractivity contribution in [3.05, 3.63) is 16.0 Å². The van der Waals surface area contributed by atoms with Gasteiger partial charge < -0.3 is 9.64 Å². The molecule has 124 valence electrons. The van der Waals surface area contributed by atoms with Gasteiger partial charge >= 0.3 is 6.09 Å². The lowest BCUT2D eigenvalue weighted by molar-refractivity contribution is 0.00544. The van der Waals surface area contributed by atoms with Crippen molar-refractivity contribution in [2.75, 3.05) is 13.3 Å². The molecule has 1 aliphatic rings. The van der Waals surface area contributed by atoms with E-state index in [4.69, 9.17) is 4.74 Å². The van der Waals surface area contributed by atoms with Crippen LogP contribution in [0.4, 0.5) is 4.79 Å². The predicted octanol–water partition coefficient (Wildman–Crippen LogP) is 4.89. The minimum atomic E-state index is -0.453. The number of hydrogen-bond acceptors (Lipinski definition) is 4. The molecule has 1 aromatic heterocycles. The van der Waals surface area contributed by atoms with Gasteiger partial charge in [0, 0.05) is 17.5 Å². The van der Waals surface area contributed by atoms with E-state index in [0.717, 1.165) is 19.3 Å². The maximum Gasteiger partial charge on any atom is 0.410 e. The van der Waals surface area contributed by atoms with E-state index in [9.17, 15) is 4.79 Å². The molecule has 1 unspecified atom stereocenters. The first-order chi connectivity index (χ1) is 10.1. The second-order valence-electron chi connectivity index (χ2n) is 7.32. The van der Waals surface area contributed by atoms with Gasteiger partial charge in [-0.2, -0.15) is 0 Å². The van der Waals surface area contributed by atoms with Crippen LogP contribution in [-0.2, 0) is 17.6 Å². The summed E-state index contributed by atoms with van der Waals surface area (Å²) in [5.41, 5.74) is 2.32. The van der Waals surface area contributed by atoms with Crippen LogP contribution in [0, 0.1) is 6.92 Å². The van der Waals surface area contributed by atoms with E-state index in [2.05, 4.69) is 20.1 Å². The molecule has 0 radical (unpaired) electrons. The van der Waals surface area contributed by atoms with E-state index >= 15 is 0 Å². The molecular weight excluding hydrogens is 314 g/mol. The molecule has 5 heteroatoms. The molecule has 0 fully saturated rings. The molecule has 0 aliphatic heterocycles. The predicted molar refractivity (Wildman–Crippen MR) is 95.3 cm³/mol. The normalized spacial score (nSPS) is 21.4. The second-order valence-corrected chi connectivity index (χ2v) is 9.62. The number of carbonyl (C=O) groups is 1. The van der Waals surface area contributed by atoms with E-state index in [1.807, 2.05) is 50.9 Å². The summed E-state index contributed by atoms with van der Waals surface area (Å²) in [6.07, 6.45) is 4.85. The van der Waals surface area contributed by atoms with Crippen molar-refractivity contribution in [1.29, 1.82) is 0 Å². The largest absolute Gasteiger partial charge is 0.444 e. The molecular formula is C17H27NO2S2. The Morgan fingerprint density at radius 1 is 1.36 bits per heavy atom. The first-order valence-corrected chi connectivity index (χ1v) is 9.73. The molecule has 1 aromatic rings. The number of nitrogens with zero attached hydrogens (tertiary/aromatic N) is 1. The van der Waals surface area contributed by atoms with Gasteiger partial charge in [-0.05, 0) is 71.3 Å². The summed E-state index contributed by atoms with van der Waals surface area (Å²) < 4.78 is 6.95. The van der Waals surface area contributed by atoms with E-state index in [1.165, 1.54) is 20.2 Å². The Balaban J connectivity index is 2.23. The van der Waals surface area contributed by atoms with Gasteiger partial charge in [0.25, 0.3) is 0 Å². The van der Waals surface area contributed by atoms with E-state index < -0.39 is 5.60 Å². The minimum absolute atomic E-state index is 0.173. The van der Waals surface area contributed by atoms with Crippen LogP contribution in [0.15, 0.2) is 4.21 Å². The highest BCUT2D eigenvalue weighted by molar-refractivity contribution is 8.00. The third-order valence-corrected chi connectivity index (χ3v) is 6.77. The zero-order valence-electron chi connectivity index (χ0n) is 14.7. The standard InChI is InChI=1S/C17H27NO2S2/c1-11-12-8-9-17(5,10-13(12)14(21-7)22-11)18(6)15(19)20-16(2,3)4/h8-10H2,1-7H3. The number of ether oxygens (including phenoxy) is 1. The molecule has 1 heterocycles. The van der Waals surface area contributed by atoms with Crippen LogP contribution >= 0.6 is 23.1 Å². The molecule has 0 aromatic carbocycles. The van der Waals surface area contributed by atoms with Crippen molar-refractivity contribution in [2.45, 2.75) is 69.2 Å². The van der Waals surface area contributed by atoms with E-state index in [1.54, 1.807) is 4.90 Å². The minimum Gasteiger partial charge on any atom is -0.444 e. The smallest absolute Gasteiger partial charge is 0.410 e. The van der Waals surface area contributed by atoms with Gasteiger partial charge in [-0.1, -0.05) is 0 Å². The molecule has 0 N–H and O–H groups in total. The number of aryl methyl sites for hydroxylation is 1. The van der Waals surface area contributed by atoms with Crippen LogP contribution in [-0.4, -0.2) is 35.4 Å². The molecule has 2 rings (SSSR count). The molecule has 22 heavy (non-hydrogen) atoms. The lowest BCUT2D eigenvalue weighted by Crippen LogP contribution is -2.52. The van der Waals surface area contributed by atoms with Crippen molar-refractivity contribution in [1.82, 2.24) is 4.90 Å². The fourth-order valence-corrected chi connectivity index (χ4v) is 5.06. The van der Waals surface area contributed by atoms with Gasteiger partial charge in [0.1, 0.15) is 5.60 Å². The van der Waals surface area contributed by atoms with Gasteiger partial charge in [0.15, 0.2) is 0 Å². The van der Waals surface area contributed by atoms with Crippen LogP contribution in [0.2, 0.25) is 0 Å². The summed E-state index contributed by atoms with van der Waals surface area (Å²) in [5, 5.41) is 0. The Morgan fingerprint density at radius 3 is 2.55 bits per heavy atom. The molecule has 1 aliphatic carbocycles. The van der Waals surface area contributed by atoms with Crippen molar-refractivity contribution in [3.63, 3.8) is 0 Å². The van der Waals surface area contributed by atoms with Crippen LogP contribution in [0.25, 0.3) is 0 Å². The topological polar surface area (TPSA) is 29.5 Å². The zero-order valence-corrected chi connectivity index (χ0v) is 16.3. The summed E-state index contributed by atoms with van der Waals surface area (Å²) in [6.45, 7) is 10.1. The highest BCUT2D eigenvalue weighted by atomic mass is 32.2. The lowest BCUT2D eigenvalue weighted by Gasteiger charge is -2.42. The van der Waals surface area contributed by atoms with Gasteiger partial charge in [0.05, 0.1) is 4.21 Å². The molecule has 1 amide bonds. The Morgan fingerprint density at radius 2 is 2.00 bits per heavy atom. The maximum absolute atomic E-state index is 12.4. The number of fused-ring (bicyclic) bond motifs is 1. The quantitative estimate of drug-likeness (QED) is 0.717. The van der Waals surface area contributed by atoms with Gasteiger partial charge in [0.2, 0.25) is 0 Å². The highest BCUT2D eigenvalue weighted by Crippen LogP contribution is 2.43. The second kappa shape index (κ2) is 6.08. The van der Waals surface area contributed by atoms with E-state index in [-0.39, 0.29) is 11.6 Å². The third-order valence-electron chi connectivity index (χ3n) is 4.42. The number of carbonyl (C=O) groups excluding carboxylic acids is 1. The SMILES string of the molecule is CSc1sc(C)c2c1CC(C)(N(C)C(=O)OC(C)(C)C)CC2.